The Labute approximate surface area is 310 Å². The Hall–Kier alpha value is -6.12. The van der Waals surface area contributed by atoms with Crippen LogP contribution < -0.4 is 22.9 Å². The summed E-state index contributed by atoms with van der Waals surface area (Å²) in [5.41, 5.74) is 27.4. The van der Waals surface area contributed by atoms with Crippen molar-refractivity contribution in [3.05, 3.63) is 132 Å². The molecule has 0 saturated heterocycles. The van der Waals surface area contributed by atoms with Gasteiger partial charge in [0.1, 0.15) is 6.79 Å². The summed E-state index contributed by atoms with van der Waals surface area (Å²) in [6, 6.07) is 28.8. The van der Waals surface area contributed by atoms with Crippen LogP contribution in [0.2, 0.25) is 0 Å². The average Bonchev–Trinajstić information content (AvgIpc) is 3.14. The maximum atomic E-state index is 11.5. The standard InChI is InChI=1S/C18H18N2O4.2C6H7N.C2H4.2CH4O.CH2O.H2O4S.2H2O/c1-23-17(21)13-7-5-11(15(19)9-13)3-4-12-6-8-14(10-16(12)20)18(22)24-2;2*7-6-4-2-1-3-5-6;4*1-2;1-5(2,3)4;;/h3-10H,19-20H2,1-2H3;2*1-5H,7H2;1-2H2;2*2H,1H3;1H2;(H2,1,2,3,4);2*1H2/b4-3+;;;;;;;;;. The molecule has 0 unspecified atom stereocenters. The fourth-order valence-corrected chi connectivity index (χ4v) is 3.03. The van der Waals surface area contributed by atoms with Gasteiger partial charge in [-0.05, 0) is 59.7 Å². The van der Waals surface area contributed by atoms with E-state index in [0.29, 0.717) is 22.5 Å². The largest absolute Gasteiger partial charge is 0.465 e. The van der Waals surface area contributed by atoms with E-state index in [1.807, 2.05) is 67.5 Å². The van der Waals surface area contributed by atoms with E-state index in [1.54, 1.807) is 48.6 Å². The predicted octanol–water partition coefficient (Wildman–Crippen LogP) is 2.66. The lowest BCUT2D eigenvalue weighted by molar-refractivity contribution is -0.0980. The first-order chi connectivity index (χ1) is 24.2. The summed E-state index contributed by atoms with van der Waals surface area (Å²) >= 11 is 0. The zero-order valence-electron chi connectivity index (χ0n) is 29.9. The number of benzene rings is 4. The van der Waals surface area contributed by atoms with Crippen LogP contribution in [0.15, 0.2) is 110 Å². The molecule has 0 aliphatic heterocycles. The first-order valence-corrected chi connectivity index (χ1v) is 15.3. The van der Waals surface area contributed by atoms with Gasteiger partial charge in [0.05, 0.1) is 25.3 Å². The number of nitrogen functional groups attached to an aromatic ring is 4. The summed E-state index contributed by atoms with van der Waals surface area (Å²) in [4.78, 5) is 30.9. The number of aliphatic hydroxyl groups excluding tert-OH is 2. The Bertz CT molecular complexity index is 1530. The van der Waals surface area contributed by atoms with E-state index >= 15 is 0 Å². The first-order valence-electron chi connectivity index (χ1n) is 13.9. The number of aliphatic hydroxyl groups is 2. The number of hydrogen-bond acceptors (Lipinski definition) is 13. The predicted molar refractivity (Wildman–Crippen MR) is 211 cm³/mol. The van der Waals surface area contributed by atoms with Crippen LogP contribution in [0.4, 0.5) is 22.7 Å². The van der Waals surface area contributed by atoms with Crippen molar-refractivity contribution >= 4 is 64.0 Å². The molecule has 0 spiro atoms. The van der Waals surface area contributed by atoms with Crippen LogP contribution in [0.3, 0.4) is 0 Å². The highest BCUT2D eigenvalue weighted by molar-refractivity contribution is 7.79. The average molecular weight is 769 g/mol. The third-order valence-electron chi connectivity index (χ3n) is 5.06. The summed E-state index contributed by atoms with van der Waals surface area (Å²) in [5, 5.41) is 14.0. The fraction of sp³-hybridized carbons (Fsp3) is 0.114. The molecular formula is C35H52N4O13S. The monoisotopic (exact) mass is 768 g/mol. The molecule has 0 fully saturated rings. The SMILES string of the molecule is C=C.C=O.CO.CO.COC(=O)c1ccc(/C=C/c2ccc(C(=O)OC)cc2N)c(N)c1.Nc1ccccc1.Nc1ccccc1.O.O.O=S(=O)(O)O. The van der Waals surface area contributed by atoms with Crippen LogP contribution in [0.5, 0.6) is 0 Å². The van der Waals surface area contributed by atoms with E-state index in [1.165, 1.54) is 14.2 Å². The minimum absolute atomic E-state index is 0. The van der Waals surface area contributed by atoms with Crippen LogP contribution in [0.25, 0.3) is 12.2 Å². The maximum Gasteiger partial charge on any atom is 0.394 e. The summed E-state index contributed by atoms with van der Waals surface area (Å²) in [6.07, 6.45) is 3.56. The second kappa shape index (κ2) is 37.1. The molecule has 0 atom stereocenters. The Morgan fingerprint density at radius 1 is 0.585 bits per heavy atom. The first kappa shape index (κ1) is 59.0. The van der Waals surface area contributed by atoms with Gasteiger partial charge in [-0.15, -0.1) is 13.2 Å². The molecule has 0 amide bonds. The summed E-state index contributed by atoms with van der Waals surface area (Å²) in [6.45, 7) is 8.00. The van der Waals surface area contributed by atoms with Crippen LogP contribution in [0.1, 0.15) is 31.8 Å². The second-order valence-corrected chi connectivity index (χ2v) is 9.17. The lowest BCUT2D eigenvalue weighted by Gasteiger charge is -2.06. The number of ether oxygens (including phenoxy) is 2. The van der Waals surface area contributed by atoms with Gasteiger partial charge in [-0.3, -0.25) is 9.11 Å². The molecule has 0 heterocycles. The molecule has 0 bridgehead atoms. The molecule has 0 aliphatic carbocycles. The van der Waals surface area contributed by atoms with Gasteiger partial charge in [0.15, 0.2) is 0 Å². The van der Waals surface area contributed by atoms with E-state index in [9.17, 15) is 9.59 Å². The van der Waals surface area contributed by atoms with Gasteiger partial charge in [-0.1, -0.05) is 60.7 Å². The van der Waals surface area contributed by atoms with E-state index < -0.39 is 22.3 Å². The number of anilines is 4. The Morgan fingerprint density at radius 2 is 0.830 bits per heavy atom. The third kappa shape index (κ3) is 31.6. The summed E-state index contributed by atoms with van der Waals surface area (Å²) in [5.74, 6) is -0.889. The van der Waals surface area contributed by atoms with Crippen molar-refractivity contribution in [1.82, 2.24) is 0 Å². The second-order valence-electron chi connectivity index (χ2n) is 8.27. The van der Waals surface area contributed by atoms with E-state index in [0.717, 1.165) is 36.7 Å². The smallest absolute Gasteiger partial charge is 0.394 e. The molecule has 4 aromatic rings. The Morgan fingerprint density at radius 3 is 1.00 bits per heavy atom. The number of carbonyl (C=O) groups excluding carboxylic acids is 3. The summed E-state index contributed by atoms with van der Waals surface area (Å²) < 4.78 is 40.9. The van der Waals surface area contributed by atoms with Crippen molar-refractivity contribution in [2.45, 2.75) is 0 Å². The van der Waals surface area contributed by atoms with Crippen molar-refractivity contribution in [2.24, 2.45) is 0 Å². The zero-order valence-corrected chi connectivity index (χ0v) is 30.7. The van der Waals surface area contributed by atoms with Crippen molar-refractivity contribution in [3.63, 3.8) is 0 Å². The van der Waals surface area contributed by atoms with E-state index in [2.05, 4.69) is 22.6 Å². The lowest BCUT2D eigenvalue weighted by Crippen LogP contribution is -2.03. The highest BCUT2D eigenvalue weighted by Gasteiger charge is 2.08. The molecule has 4 aromatic carbocycles. The van der Waals surface area contributed by atoms with Crippen molar-refractivity contribution in [1.29, 1.82) is 0 Å². The minimum atomic E-state index is -4.67. The number of hydrogen-bond donors (Lipinski definition) is 8. The van der Waals surface area contributed by atoms with Crippen molar-refractivity contribution in [3.8, 4) is 0 Å². The van der Waals surface area contributed by atoms with Gasteiger partial charge in [-0.2, -0.15) is 8.42 Å². The topological polar surface area (TPSA) is 352 Å². The highest BCUT2D eigenvalue weighted by Crippen LogP contribution is 2.21. The number of rotatable bonds is 4. The van der Waals surface area contributed by atoms with Gasteiger partial charge >= 0.3 is 22.3 Å². The van der Waals surface area contributed by atoms with Crippen LogP contribution in [0, 0.1) is 0 Å². The van der Waals surface area contributed by atoms with Gasteiger partial charge < -0.3 is 58.4 Å². The number of carbonyl (C=O) groups is 3. The van der Waals surface area contributed by atoms with Crippen LogP contribution in [-0.4, -0.2) is 85.9 Å². The normalized spacial score (nSPS) is 8.53. The van der Waals surface area contributed by atoms with Crippen molar-refractivity contribution < 1.29 is 62.5 Å². The molecule has 18 heteroatoms. The van der Waals surface area contributed by atoms with Crippen LogP contribution >= 0.6 is 0 Å². The van der Waals surface area contributed by atoms with E-state index in [4.69, 9.17) is 55.5 Å². The molecule has 0 aliphatic rings. The molecule has 4 rings (SSSR count). The molecular weight excluding hydrogens is 716 g/mol. The minimum Gasteiger partial charge on any atom is -0.465 e. The van der Waals surface area contributed by atoms with Gasteiger partial charge in [0, 0.05) is 37.0 Å². The maximum absolute atomic E-state index is 11.5. The van der Waals surface area contributed by atoms with Gasteiger partial charge in [-0.25, -0.2) is 9.59 Å². The number of methoxy groups -OCH3 is 2. The third-order valence-corrected chi connectivity index (χ3v) is 5.06. The van der Waals surface area contributed by atoms with Crippen LogP contribution in [-0.2, 0) is 24.7 Å². The number of para-hydroxylation sites is 2. The zero-order chi connectivity index (χ0) is 40.4. The van der Waals surface area contributed by atoms with E-state index in [-0.39, 0.29) is 11.0 Å². The molecule has 0 saturated carbocycles. The fourth-order valence-electron chi connectivity index (χ4n) is 3.03. The molecule has 17 nitrogen and oxygen atoms in total. The molecule has 16 N–H and O–H groups in total. The van der Waals surface area contributed by atoms with Gasteiger partial charge in [0.25, 0.3) is 0 Å². The summed E-state index contributed by atoms with van der Waals surface area (Å²) in [7, 11) is -0.0415. The quantitative estimate of drug-likeness (QED) is 0.0486. The number of nitrogens with two attached hydrogens (primary N) is 4. The number of esters is 2. The molecule has 53 heavy (non-hydrogen) atoms. The van der Waals surface area contributed by atoms with Crippen molar-refractivity contribution in [2.75, 3.05) is 51.4 Å². The van der Waals surface area contributed by atoms with Gasteiger partial charge in [0.2, 0.25) is 0 Å². The highest BCUT2D eigenvalue weighted by atomic mass is 32.3. The Balaban J connectivity index is -0.000000156. The Kier molecular flexibility index (Phi) is 41.4. The molecule has 296 valence electrons. The lowest BCUT2D eigenvalue weighted by atomic mass is 10.1. The molecule has 0 aromatic heterocycles. The molecule has 0 radical (unpaired) electrons.